The van der Waals surface area contributed by atoms with E-state index in [0.717, 1.165) is 43.4 Å². The largest absolute Gasteiger partial charge is 0.508 e. The van der Waals surface area contributed by atoms with Crippen molar-refractivity contribution < 1.29 is 9.84 Å². The predicted octanol–water partition coefficient (Wildman–Crippen LogP) is 6.79. The molecule has 2 rings (SSSR count). The monoisotopic (exact) mass is 330 g/mol. The fourth-order valence-electron chi connectivity index (χ4n) is 2.92. The first kappa shape index (κ1) is 20.3. The quantitative estimate of drug-likeness (QED) is 0.339. The van der Waals surface area contributed by atoms with E-state index in [1.165, 1.54) is 18.4 Å². The van der Waals surface area contributed by atoms with Crippen molar-refractivity contribution in [3.8, 4) is 11.5 Å². The Morgan fingerprint density at radius 1 is 1.25 bits per heavy atom. The lowest BCUT2D eigenvalue weighted by atomic mass is 9.89. The zero-order chi connectivity index (χ0) is 17.9. The summed E-state index contributed by atoms with van der Waals surface area (Å²) in [4.78, 5) is 0. The number of hydrogen-bond acceptors (Lipinski definition) is 2. The Bertz CT molecular complexity index is 543. The van der Waals surface area contributed by atoms with Crippen LogP contribution in [0.1, 0.15) is 71.8 Å². The van der Waals surface area contributed by atoms with Crippen LogP contribution in [0.15, 0.2) is 42.2 Å². The highest BCUT2D eigenvalue weighted by atomic mass is 16.5. The number of aromatic hydroxyl groups is 1. The molecular weight excluding hydrogens is 296 g/mol. The van der Waals surface area contributed by atoms with Crippen molar-refractivity contribution in [3.63, 3.8) is 0 Å². The van der Waals surface area contributed by atoms with Gasteiger partial charge in [-0.05, 0) is 56.7 Å². The Morgan fingerprint density at radius 2 is 2.00 bits per heavy atom. The van der Waals surface area contributed by atoms with Gasteiger partial charge in [-0.2, -0.15) is 0 Å². The van der Waals surface area contributed by atoms with Gasteiger partial charge in [-0.15, -0.1) is 0 Å². The minimum absolute atomic E-state index is 0.274. The summed E-state index contributed by atoms with van der Waals surface area (Å²) < 4.78 is 5.93. The zero-order valence-corrected chi connectivity index (χ0v) is 15.9. The van der Waals surface area contributed by atoms with E-state index in [4.69, 9.17) is 4.74 Å². The molecule has 0 spiro atoms. The van der Waals surface area contributed by atoms with Crippen molar-refractivity contribution in [3.05, 3.63) is 47.7 Å². The number of aryl methyl sites for hydroxylation is 1. The van der Waals surface area contributed by atoms with E-state index in [1.54, 1.807) is 6.07 Å². The third-order valence-corrected chi connectivity index (χ3v) is 4.36. The number of phenolic OH excluding ortho intramolecular Hbond substituents is 1. The highest BCUT2D eigenvalue weighted by Crippen LogP contribution is 2.31. The fraction of sp³-hybridized carbons (Fsp3) is 0.545. The van der Waals surface area contributed by atoms with Gasteiger partial charge in [0.15, 0.2) is 0 Å². The summed E-state index contributed by atoms with van der Waals surface area (Å²) >= 11 is 0. The van der Waals surface area contributed by atoms with Gasteiger partial charge < -0.3 is 9.84 Å². The molecule has 0 radical (unpaired) electrons. The van der Waals surface area contributed by atoms with E-state index in [9.17, 15) is 5.11 Å². The second-order valence-corrected chi connectivity index (χ2v) is 6.38. The van der Waals surface area contributed by atoms with E-state index in [-0.39, 0.29) is 5.75 Å². The summed E-state index contributed by atoms with van der Waals surface area (Å²) in [6, 6.07) is 5.54. The van der Waals surface area contributed by atoms with Gasteiger partial charge in [0, 0.05) is 12.0 Å². The van der Waals surface area contributed by atoms with Crippen LogP contribution >= 0.6 is 0 Å². The van der Waals surface area contributed by atoms with Crippen LogP contribution in [0, 0.1) is 5.92 Å². The first-order valence-electron chi connectivity index (χ1n) is 9.43. The molecule has 0 fully saturated rings. The lowest BCUT2D eigenvalue weighted by Gasteiger charge is -2.22. The number of unbranched alkanes of at least 4 members (excludes halogenated alkanes) is 2. The lowest BCUT2D eigenvalue weighted by molar-refractivity contribution is 0.330. The molecule has 0 aromatic heterocycles. The standard InChI is InChI=1S/C20H28O2.C2H6/c1-4-5-6-7-17-12-19(21)14-20(13-17)22-16(3)18-10-8-15(2)9-11-18;1-2/h8,12-14,18,21H,3-7,9-11H2,1-2H3;1-2H3. The second kappa shape index (κ2) is 11.0. The zero-order valence-electron chi connectivity index (χ0n) is 15.9. The van der Waals surface area contributed by atoms with Gasteiger partial charge in [0.1, 0.15) is 17.3 Å². The van der Waals surface area contributed by atoms with Crippen molar-refractivity contribution in [2.75, 3.05) is 0 Å². The van der Waals surface area contributed by atoms with E-state index in [2.05, 4.69) is 26.5 Å². The minimum Gasteiger partial charge on any atom is -0.508 e. The van der Waals surface area contributed by atoms with E-state index in [1.807, 2.05) is 26.0 Å². The third kappa shape index (κ3) is 6.82. The first-order valence-corrected chi connectivity index (χ1v) is 9.43. The van der Waals surface area contributed by atoms with Crippen LogP contribution < -0.4 is 4.74 Å². The Morgan fingerprint density at radius 3 is 2.62 bits per heavy atom. The summed E-state index contributed by atoms with van der Waals surface area (Å²) in [5.74, 6) is 2.18. The second-order valence-electron chi connectivity index (χ2n) is 6.38. The summed E-state index contributed by atoms with van der Waals surface area (Å²) in [6.07, 6.45) is 10.1. The smallest absolute Gasteiger partial charge is 0.130 e. The first-order chi connectivity index (χ1) is 11.6. The lowest BCUT2D eigenvalue weighted by Crippen LogP contribution is -2.11. The van der Waals surface area contributed by atoms with Crippen molar-refractivity contribution in [2.45, 2.75) is 72.6 Å². The van der Waals surface area contributed by atoms with Crippen molar-refractivity contribution >= 4 is 0 Å². The SMILES string of the molecule is C=C(Oc1cc(O)cc(CCCCC)c1)C1CC=C(C)CC1.CC. The van der Waals surface area contributed by atoms with Gasteiger partial charge in [0.2, 0.25) is 0 Å². The number of rotatable bonds is 7. The molecule has 0 saturated heterocycles. The number of ether oxygens (including phenoxy) is 1. The Balaban J connectivity index is 0.00000139. The number of allylic oxidation sites excluding steroid dienone is 3. The highest BCUT2D eigenvalue weighted by molar-refractivity contribution is 5.38. The van der Waals surface area contributed by atoms with Gasteiger partial charge in [0.05, 0.1) is 0 Å². The molecule has 1 aliphatic carbocycles. The third-order valence-electron chi connectivity index (χ3n) is 4.36. The molecule has 1 N–H and O–H groups in total. The molecule has 0 saturated carbocycles. The van der Waals surface area contributed by atoms with Crippen molar-refractivity contribution in [2.24, 2.45) is 5.92 Å². The molecule has 2 nitrogen and oxygen atoms in total. The van der Waals surface area contributed by atoms with Gasteiger partial charge in [-0.25, -0.2) is 0 Å². The molecule has 1 aliphatic rings. The molecular formula is C22H34O2. The van der Waals surface area contributed by atoms with Gasteiger partial charge in [0.25, 0.3) is 0 Å². The van der Waals surface area contributed by atoms with Crippen LogP contribution in [-0.2, 0) is 6.42 Å². The van der Waals surface area contributed by atoms with E-state index < -0.39 is 0 Å². The molecule has 0 heterocycles. The molecule has 0 amide bonds. The molecule has 2 heteroatoms. The summed E-state index contributed by atoms with van der Waals surface area (Å²) in [6.45, 7) is 12.5. The van der Waals surface area contributed by atoms with Crippen LogP contribution in [0.5, 0.6) is 11.5 Å². The molecule has 1 atom stereocenters. The highest BCUT2D eigenvalue weighted by Gasteiger charge is 2.17. The Hall–Kier alpha value is -1.70. The van der Waals surface area contributed by atoms with Crippen LogP contribution in [0.25, 0.3) is 0 Å². The van der Waals surface area contributed by atoms with Crippen molar-refractivity contribution in [1.29, 1.82) is 0 Å². The van der Waals surface area contributed by atoms with E-state index in [0.29, 0.717) is 11.7 Å². The van der Waals surface area contributed by atoms with Crippen LogP contribution in [0.3, 0.4) is 0 Å². The maximum atomic E-state index is 9.89. The molecule has 134 valence electrons. The maximum absolute atomic E-state index is 9.89. The summed E-state index contributed by atoms with van der Waals surface area (Å²) in [5, 5.41) is 9.89. The number of hydrogen-bond donors (Lipinski definition) is 1. The average molecular weight is 331 g/mol. The summed E-state index contributed by atoms with van der Waals surface area (Å²) in [5.41, 5.74) is 2.59. The summed E-state index contributed by atoms with van der Waals surface area (Å²) in [7, 11) is 0. The number of phenols is 1. The molecule has 0 bridgehead atoms. The van der Waals surface area contributed by atoms with Gasteiger partial charge in [-0.1, -0.05) is 51.8 Å². The van der Waals surface area contributed by atoms with Gasteiger partial charge >= 0.3 is 0 Å². The minimum atomic E-state index is 0.274. The normalized spacial score (nSPS) is 16.7. The topological polar surface area (TPSA) is 29.5 Å². The van der Waals surface area contributed by atoms with Crippen molar-refractivity contribution in [1.82, 2.24) is 0 Å². The van der Waals surface area contributed by atoms with Crippen LogP contribution in [0.4, 0.5) is 0 Å². The Labute approximate surface area is 148 Å². The van der Waals surface area contributed by atoms with Crippen LogP contribution in [-0.4, -0.2) is 5.11 Å². The Kier molecular flexibility index (Phi) is 9.29. The molecule has 1 unspecified atom stereocenters. The molecule has 0 aliphatic heterocycles. The molecule has 24 heavy (non-hydrogen) atoms. The molecule has 1 aromatic carbocycles. The predicted molar refractivity (Wildman–Crippen MR) is 104 cm³/mol. The average Bonchev–Trinajstić information content (AvgIpc) is 2.57. The number of benzene rings is 1. The van der Waals surface area contributed by atoms with Gasteiger partial charge in [-0.3, -0.25) is 0 Å². The van der Waals surface area contributed by atoms with Crippen LogP contribution in [0.2, 0.25) is 0 Å². The molecule has 1 aromatic rings. The van der Waals surface area contributed by atoms with E-state index >= 15 is 0 Å². The fourth-order valence-corrected chi connectivity index (χ4v) is 2.92. The maximum Gasteiger partial charge on any atom is 0.130 e.